The molecule has 1 aliphatic heterocycles. The summed E-state index contributed by atoms with van der Waals surface area (Å²) in [5.41, 5.74) is 7.25. The van der Waals surface area contributed by atoms with Crippen molar-refractivity contribution in [2.24, 2.45) is 5.73 Å². The van der Waals surface area contributed by atoms with Crippen LogP contribution in [0.3, 0.4) is 0 Å². The van der Waals surface area contributed by atoms with E-state index in [9.17, 15) is 13.2 Å². The van der Waals surface area contributed by atoms with E-state index in [4.69, 9.17) is 5.73 Å². The zero-order valence-electron chi connectivity index (χ0n) is 14.6. The van der Waals surface area contributed by atoms with Gasteiger partial charge in [-0.2, -0.15) is 0 Å². The maximum absolute atomic E-state index is 13.0. The van der Waals surface area contributed by atoms with E-state index in [0.29, 0.717) is 18.7 Å². The van der Waals surface area contributed by atoms with E-state index < -0.39 is 10.0 Å². The van der Waals surface area contributed by atoms with Gasteiger partial charge in [-0.05, 0) is 50.8 Å². The van der Waals surface area contributed by atoms with Crippen LogP contribution in [0.1, 0.15) is 49.0 Å². The number of nitrogens with zero attached hydrogens (tertiary/aromatic N) is 1. The molecular formula is C17H27N3O3S. The van der Waals surface area contributed by atoms with Gasteiger partial charge >= 0.3 is 0 Å². The Morgan fingerprint density at radius 3 is 2.75 bits per heavy atom. The van der Waals surface area contributed by atoms with Crippen LogP contribution < -0.4 is 10.5 Å². The van der Waals surface area contributed by atoms with Crippen LogP contribution in [0.15, 0.2) is 23.1 Å². The second-order valence-electron chi connectivity index (χ2n) is 6.40. The molecule has 2 rings (SSSR count). The number of nitrogens with one attached hydrogen (secondary N) is 1. The summed E-state index contributed by atoms with van der Waals surface area (Å²) in [7, 11) is -3.59. The van der Waals surface area contributed by atoms with Gasteiger partial charge < -0.3 is 10.6 Å². The Bertz CT molecular complexity index is 701. The van der Waals surface area contributed by atoms with Crippen LogP contribution in [0.25, 0.3) is 0 Å². The number of likely N-dealkylation sites (tertiary alicyclic amines) is 1. The van der Waals surface area contributed by atoms with Crippen molar-refractivity contribution >= 4 is 15.9 Å². The Morgan fingerprint density at radius 1 is 1.42 bits per heavy atom. The summed E-state index contributed by atoms with van der Waals surface area (Å²) in [6.07, 6.45) is 2.89. The number of aryl methyl sites for hydroxylation is 1. The van der Waals surface area contributed by atoms with E-state index in [-0.39, 0.29) is 22.9 Å². The largest absolute Gasteiger partial charge is 0.334 e. The summed E-state index contributed by atoms with van der Waals surface area (Å²) < 4.78 is 26.9. The van der Waals surface area contributed by atoms with Gasteiger partial charge in [0.15, 0.2) is 0 Å². The van der Waals surface area contributed by atoms with E-state index in [1.54, 1.807) is 17.9 Å². The summed E-state index contributed by atoms with van der Waals surface area (Å²) in [6, 6.07) is 4.58. The number of nitrogens with two attached hydrogens (primary N) is 1. The number of sulfonamides is 1. The molecule has 24 heavy (non-hydrogen) atoms. The molecule has 0 saturated carbocycles. The Balaban J connectivity index is 2.38. The number of carbonyl (C=O) groups is 1. The van der Waals surface area contributed by atoms with Crippen molar-refractivity contribution in [3.63, 3.8) is 0 Å². The molecule has 1 aromatic carbocycles. The van der Waals surface area contributed by atoms with Crippen molar-refractivity contribution in [2.45, 2.75) is 57.0 Å². The topological polar surface area (TPSA) is 92.5 Å². The van der Waals surface area contributed by atoms with Crippen molar-refractivity contribution < 1.29 is 13.2 Å². The first-order chi connectivity index (χ1) is 11.3. The first kappa shape index (κ1) is 18.9. The van der Waals surface area contributed by atoms with Crippen LogP contribution in [0, 0.1) is 6.92 Å². The zero-order valence-corrected chi connectivity index (χ0v) is 15.4. The van der Waals surface area contributed by atoms with Gasteiger partial charge in [0.1, 0.15) is 0 Å². The molecule has 6 nitrogen and oxygen atoms in total. The second kappa shape index (κ2) is 7.63. The fourth-order valence-corrected chi connectivity index (χ4v) is 4.25. The number of carbonyl (C=O) groups excluding carboxylic acids is 1. The van der Waals surface area contributed by atoms with Crippen molar-refractivity contribution in [1.29, 1.82) is 0 Å². The Labute approximate surface area is 144 Å². The zero-order chi connectivity index (χ0) is 17.9. The minimum atomic E-state index is -3.59. The van der Waals surface area contributed by atoms with Gasteiger partial charge in [0, 0.05) is 30.7 Å². The van der Waals surface area contributed by atoms with Crippen LogP contribution in [-0.2, 0) is 10.0 Å². The molecule has 2 atom stereocenters. The quantitative estimate of drug-likeness (QED) is 0.841. The lowest BCUT2D eigenvalue weighted by molar-refractivity contribution is 0.0583. The second-order valence-corrected chi connectivity index (χ2v) is 8.17. The Morgan fingerprint density at radius 2 is 2.12 bits per heavy atom. The van der Waals surface area contributed by atoms with Gasteiger partial charge in [-0.25, -0.2) is 13.1 Å². The van der Waals surface area contributed by atoms with E-state index >= 15 is 0 Å². The van der Waals surface area contributed by atoms with Crippen molar-refractivity contribution in [3.8, 4) is 0 Å². The molecule has 1 fully saturated rings. The average Bonchev–Trinajstić information content (AvgIpc) is 2.54. The highest BCUT2D eigenvalue weighted by Crippen LogP contribution is 2.24. The monoisotopic (exact) mass is 353 g/mol. The van der Waals surface area contributed by atoms with Crippen LogP contribution >= 0.6 is 0 Å². The average molecular weight is 353 g/mol. The molecule has 0 aromatic heterocycles. The minimum Gasteiger partial charge on any atom is -0.334 e. The Kier molecular flexibility index (Phi) is 6.01. The van der Waals surface area contributed by atoms with Crippen LogP contribution in [0.4, 0.5) is 0 Å². The third-order valence-corrected chi connectivity index (χ3v) is 6.04. The van der Waals surface area contributed by atoms with Crippen molar-refractivity contribution in [1.82, 2.24) is 9.62 Å². The summed E-state index contributed by atoms with van der Waals surface area (Å²) in [4.78, 5) is 15.0. The van der Waals surface area contributed by atoms with E-state index in [0.717, 1.165) is 24.8 Å². The van der Waals surface area contributed by atoms with Gasteiger partial charge in [0.2, 0.25) is 10.0 Å². The highest BCUT2D eigenvalue weighted by atomic mass is 32.2. The molecule has 1 saturated heterocycles. The normalized spacial score (nSPS) is 20.0. The van der Waals surface area contributed by atoms with Gasteiger partial charge in [0.25, 0.3) is 5.91 Å². The standard InChI is InChI=1S/C17H27N3O3S/c1-4-19-24(22,23)14-9-8-12(2)15(11-14)17(21)20-10-6-5-7-16(20)13(3)18/h8-9,11,13,16,19H,4-7,10,18H2,1-3H3. The summed E-state index contributed by atoms with van der Waals surface area (Å²) in [5.74, 6) is -0.136. The molecule has 1 aromatic rings. The number of piperidine rings is 1. The molecule has 0 aliphatic carbocycles. The lowest BCUT2D eigenvalue weighted by Crippen LogP contribution is -2.51. The number of rotatable bonds is 5. The lowest BCUT2D eigenvalue weighted by Gasteiger charge is -2.38. The highest BCUT2D eigenvalue weighted by Gasteiger charge is 2.31. The van der Waals surface area contributed by atoms with Gasteiger partial charge in [-0.1, -0.05) is 13.0 Å². The first-order valence-corrected chi connectivity index (χ1v) is 9.93. The third-order valence-electron chi connectivity index (χ3n) is 4.50. The number of hydrogen-bond acceptors (Lipinski definition) is 4. The smallest absolute Gasteiger partial charge is 0.254 e. The van der Waals surface area contributed by atoms with Crippen LogP contribution in [0.2, 0.25) is 0 Å². The molecule has 2 unspecified atom stereocenters. The van der Waals surface area contributed by atoms with Gasteiger partial charge in [-0.3, -0.25) is 4.79 Å². The maximum Gasteiger partial charge on any atom is 0.254 e. The third kappa shape index (κ3) is 3.96. The molecule has 1 heterocycles. The summed E-state index contributed by atoms with van der Waals surface area (Å²) in [6.45, 7) is 6.42. The Hall–Kier alpha value is -1.44. The predicted molar refractivity (Wildman–Crippen MR) is 94.4 cm³/mol. The molecule has 0 bridgehead atoms. The fourth-order valence-electron chi connectivity index (χ4n) is 3.18. The van der Waals surface area contributed by atoms with E-state index in [1.807, 2.05) is 13.8 Å². The first-order valence-electron chi connectivity index (χ1n) is 8.44. The van der Waals surface area contributed by atoms with Gasteiger partial charge in [-0.15, -0.1) is 0 Å². The predicted octanol–water partition coefficient (Wildman–Crippen LogP) is 1.64. The number of amides is 1. The summed E-state index contributed by atoms with van der Waals surface area (Å²) in [5, 5.41) is 0. The molecular weight excluding hydrogens is 326 g/mol. The molecule has 1 amide bonds. The van der Waals surface area contributed by atoms with E-state index in [1.165, 1.54) is 12.1 Å². The molecule has 0 radical (unpaired) electrons. The van der Waals surface area contributed by atoms with Gasteiger partial charge in [0.05, 0.1) is 4.90 Å². The maximum atomic E-state index is 13.0. The number of benzene rings is 1. The molecule has 134 valence electrons. The molecule has 0 spiro atoms. The van der Waals surface area contributed by atoms with Crippen LogP contribution in [-0.4, -0.2) is 44.4 Å². The number of hydrogen-bond donors (Lipinski definition) is 2. The SMILES string of the molecule is CCNS(=O)(=O)c1ccc(C)c(C(=O)N2CCCCC2C(C)N)c1. The minimum absolute atomic E-state index is 0.000296. The highest BCUT2D eigenvalue weighted by molar-refractivity contribution is 7.89. The lowest BCUT2D eigenvalue weighted by atomic mass is 9.95. The van der Waals surface area contributed by atoms with Crippen molar-refractivity contribution in [3.05, 3.63) is 29.3 Å². The molecule has 7 heteroatoms. The molecule has 1 aliphatic rings. The van der Waals surface area contributed by atoms with Crippen molar-refractivity contribution in [2.75, 3.05) is 13.1 Å². The van der Waals surface area contributed by atoms with E-state index in [2.05, 4.69) is 4.72 Å². The fraction of sp³-hybridized carbons (Fsp3) is 0.588. The summed E-state index contributed by atoms with van der Waals surface area (Å²) >= 11 is 0. The van der Waals surface area contributed by atoms with Crippen LogP contribution in [0.5, 0.6) is 0 Å². The molecule has 3 N–H and O–H groups in total.